The molecule has 3 rings (SSSR count). The number of carbonyl (C=O) groups is 1. The molecule has 0 aliphatic heterocycles. The van der Waals surface area contributed by atoms with Gasteiger partial charge in [0.05, 0.1) is 6.54 Å². The average Bonchev–Trinajstić information content (AvgIpc) is 2.96. The third kappa shape index (κ3) is 4.59. The molecule has 1 saturated carbocycles. The van der Waals surface area contributed by atoms with Gasteiger partial charge in [-0.2, -0.15) is 0 Å². The van der Waals surface area contributed by atoms with Gasteiger partial charge in [0.15, 0.2) is 5.82 Å². The van der Waals surface area contributed by atoms with Gasteiger partial charge >= 0.3 is 5.69 Å². The second-order valence-electron chi connectivity index (χ2n) is 7.02. The highest BCUT2D eigenvalue weighted by molar-refractivity contribution is 5.75. The van der Waals surface area contributed by atoms with Crippen LogP contribution >= 0.6 is 0 Å². The van der Waals surface area contributed by atoms with Crippen LogP contribution < -0.4 is 11.0 Å². The second kappa shape index (κ2) is 8.78. The molecule has 1 fully saturated rings. The average molecular weight is 357 g/mol. The minimum absolute atomic E-state index is 0.0621. The van der Waals surface area contributed by atoms with E-state index in [1.807, 2.05) is 12.1 Å². The van der Waals surface area contributed by atoms with Crippen LogP contribution in [-0.4, -0.2) is 31.8 Å². The van der Waals surface area contributed by atoms with Crippen molar-refractivity contribution in [2.75, 3.05) is 6.54 Å². The van der Waals surface area contributed by atoms with Gasteiger partial charge in [-0.15, -0.1) is 5.10 Å². The molecule has 0 aromatic carbocycles. The third-order valence-electron chi connectivity index (χ3n) is 5.11. The number of nitrogens with one attached hydrogen (secondary N) is 1. The van der Waals surface area contributed by atoms with Crippen LogP contribution in [0.4, 0.5) is 0 Å². The molecule has 2 aromatic heterocycles. The maximum atomic E-state index is 12.3. The lowest BCUT2D eigenvalue weighted by atomic mass is 9.86. The first-order valence-electron chi connectivity index (χ1n) is 9.46. The quantitative estimate of drug-likeness (QED) is 0.823. The molecule has 7 heteroatoms. The van der Waals surface area contributed by atoms with Gasteiger partial charge in [-0.05, 0) is 24.5 Å². The molecule has 0 bridgehead atoms. The summed E-state index contributed by atoms with van der Waals surface area (Å²) < 4.78 is 2.89. The normalized spacial score (nSPS) is 15.1. The summed E-state index contributed by atoms with van der Waals surface area (Å²) in [5.41, 5.74) is 0.600. The lowest BCUT2D eigenvalue weighted by Gasteiger charge is -2.20. The summed E-state index contributed by atoms with van der Waals surface area (Å²) >= 11 is 0. The molecule has 26 heavy (non-hydrogen) atoms. The Kier molecular flexibility index (Phi) is 6.20. The second-order valence-corrected chi connectivity index (χ2v) is 7.02. The van der Waals surface area contributed by atoms with Crippen molar-refractivity contribution in [1.82, 2.24) is 24.6 Å². The van der Waals surface area contributed by atoms with E-state index in [4.69, 9.17) is 0 Å². The molecule has 0 unspecified atom stereocenters. The Morgan fingerprint density at radius 1 is 1.31 bits per heavy atom. The summed E-state index contributed by atoms with van der Waals surface area (Å²) in [5, 5.41) is 7.28. The number of nitrogens with zero attached hydrogens (tertiary/aromatic N) is 4. The predicted octanol–water partition coefficient (Wildman–Crippen LogP) is 2.12. The molecule has 7 nitrogen and oxygen atoms in total. The van der Waals surface area contributed by atoms with Crippen LogP contribution in [0.3, 0.4) is 0 Å². The highest BCUT2D eigenvalue weighted by Crippen LogP contribution is 2.27. The van der Waals surface area contributed by atoms with Crippen molar-refractivity contribution in [3.8, 4) is 11.4 Å². The maximum absolute atomic E-state index is 12.3. The summed E-state index contributed by atoms with van der Waals surface area (Å²) in [6, 6.07) is 3.68. The van der Waals surface area contributed by atoms with Crippen molar-refractivity contribution in [1.29, 1.82) is 0 Å². The largest absolute Gasteiger partial charge is 0.354 e. The fraction of sp³-hybridized carbons (Fsp3) is 0.579. The minimum atomic E-state index is -0.194. The topological polar surface area (TPSA) is 81.8 Å². The number of hydrogen-bond acceptors (Lipinski definition) is 4. The highest BCUT2D eigenvalue weighted by atomic mass is 16.2. The fourth-order valence-electron chi connectivity index (χ4n) is 3.58. The number of rotatable bonds is 7. The van der Waals surface area contributed by atoms with E-state index in [0.29, 0.717) is 31.3 Å². The zero-order valence-corrected chi connectivity index (χ0v) is 15.4. The van der Waals surface area contributed by atoms with E-state index in [-0.39, 0.29) is 11.6 Å². The monoisotopic (exact) mass is 357 g/mol. The Morgan fingerprint density at radius 3 is 2.85 bits per heavy atom. The predicted molar refractivity (Wildman–Crippen MR) is 99.5 cm³/mol. The van der Waals surface area contributed by atoms with Crippen molar-refractivity contribution >= 4 is 5.91 Å². The number of amides is 1. The molecule has 2 aromatic rings. The van der Waals surface area contributed by atoms with Gasteiger partial charge in [-0.25, -0.2) is 9.48 Å². The van der Waals surface area contributed by atoms with Crippen LogP contribution in [-0.2, 0) is 18.4 Å². The molecular weight excluding hydrogens is 330 g/mol. The molecule has 0 atom stereocenters. The van der Waals surface area contributed by atoms with Crippen molar-refractivity contribution in [2.24, 2.45) is 13.0 Å². The summed E-state index contributed by atoms with van der Waals surface area (Å²) in [6.45, 7) is 0.773. The maximum Gasteiger partial charge on any atom is 0.345 e. The molecule has 0 radical (unpaired) electrons. The number of carbonyl (C=O) groups excluding carboxylic acids is 1. The number of pyridine rings is 1. The first-order chi connectivity index (χ1) is 12.6. The summed E-state index contributed by atoms with van der Waals surface area (Å²) in [6.07, 6.45) is 11.4. The van der Waals surface area contributed by atoms with Crippen LogP contribution in [0.5, 0.6) is 0 Å². The van der Waals surface area contributed by atoms with Crippen molar-refractivity contribution in [3.63, 3.8) is 0 Å². The first kappa shape index (κ1) is 18.4. The number of aromatic nitrogens is 4. The molecule has 1 aliphatic rings. The van der Waals surface area contributed by atoms with E-state index in [1.165, 1.54) is 41.4 Å². The first-order valence-corrected chi connectivity index (χ1v) is 9.46. The van der Waals surface area contributed by atoms with Gasteiger partial charge in [0.1, 0.15) is 0 Å². The summed E-state index contributed by atoms with van der Waals surface area (Å²) in [5.74, 6) is 1.34. The molecule has 0 spiro atoms. The van der Waals surface area contributed by atoms with Crippen molar-refractivity contribution < 1.29 is 4.79 Å². The summed E-state index contributed by atoms with van der Waals surface area (Å²) in [4.78, 5) is 28.4. The van der Waals surface area contributed by atoms with Gasteiger partial charge in [-0.3, -0.25) is 14.3 Å². The summed E-state index contributed by atoms with van der Waals surface area (Å²) in [7, 11) is 1.69. The molecule has 2 heterocycles. The number of hydrogen-bond donors (Lipinski definition) is 1. The fourth-order valence-corrected chi connectivity index (χ4v) is 3.58. The Labute approximate surface area is 153 Å². The SMILES string of the molecule is Cn1c(-c2cccnc2)nn(CCNC(=O)CCC2CCCCC2)c1=O. The van der Waals surface area contributed by atoms with Crippen molar-refractivity contribution in [2.45, 2.75) is 51.5 Å². The van der Waals surface area contributed by atoms with Gasteiger partial charge in [0.2, 0.25) is 5.91 Å². The van der Waals surface area contributed by atoms with Gasteiger partial charge in [0.25, 0.3) is 0 Å². The van der Waals surface area contributed by atoms with E-state index < -0.39 is 0 Å². The van der Waals surface area contributed by atoms with Gasteiger partial charge in [0, 0.05) is 38.0 Å². The van der Waals surface area contributed by atoms with Crippen molar-refractivity contribution in [3.05, 3.63) is 35.0 Å². The van der Waals surface area contributed by atoms with E-state index >= 15 is 0 Å². The zero-order valence-electron chi connectivity index (χ0n) is 15.4. The Hall–Kier alpha value is -2.44. The van der Waals surface area contributed by atoms with E-state index in [2.05, 4.69) is 15.4 Å². The van der Waals surface area contributed by atoms with Crippen LogP contribution in [0.2, 0.25) is 0 Å². The van der Waals surface area contributed by atoms with Gasteiger partial charge in [-0.1, -0.05) is 32.1 Å². The molecule has 140 valence electrons. The van der Waals surface area contributed by atoms with Crippen LogP contribution in [0, 0.1) is 5.92 Å². The lowest BCUT2D eigenvalue weighted by Crippen LogP contribution is -2.31. The molecule has 1 aliphatic carbocycles. The van der Waals surface area contributed by atoms with E-state index in [0.717, 1.165) is 12.0 Å². The standard InChI is InChI=1S/C19H27N5O2/c1-23-18(16-8-5-11-20-14-16)22-24(19(23)26)13-12-21-17(25)10-9-15-6-3-2-4-7-15/h5,8,11,14-15H,2-4,6-7,9-10,12-13H2,1H3,(H,21,25). The van der Waals surface area contributed by atoms with Crippen LogP contribution in [0.25, 0.3) is 11.4 Å². The van der Waals surface area contributed by atoms with Gasteiger partial charge < -0.3 is 5.32 Å². The third-order valence-corrected chi connectivity index (χ3v) is 5.11. The Balaban J connectivity index is 1.49. The van der Waals surface area contributed by atoms with E-state index in [9.17, 15) is 9.59 Å². The molecule has 1 amide bonds. The molecule has 1 N–H and O–H groups in total. The zero-order chi connectivity index (χ0) is 18.4. The molecule has 0 saturated heterocycles. The minimum Gasteiger partial charge on any atom is -0.354 e. The lowest BCUT2D eigenvalue weighted by molar-refractivity contribution is -0.121. The Morgan fingerprint density at radius 2 is 2.12 bits per heavy atom. The smallest absolute Gasteiger partial charge is 0.345 e. The van der Waals surface area contributed by atoms with Crippen LogP contribution in [0.15, 0.2) is 29.3 Å². The Bertz CT molecular complexity index is 775. The highest BCUT2D eigenvalue weighted by Gasteiger charge is 2.15. The van der Waals surface area contributed by atoms with E-state index in [1.54, 1.807) is 19.4 Å². The van der Waals surface area contributed by atoms with Crippen LogP contribution in [0.1, 0.15) is 44.9 Å². The molecular formula is C19H27N5O2.